The number of H-pyrrole nitrogens is 1. The van der Waals surface area contributed by atoms with Crippen molar-refractivity contribution in [3.8, 4) is 0 Å². The first-order valence-corrected chi connectivity index (χ1v) is 5.55. The third kappa shape index (κ3) is 5.49. The standard InChI is InChI=1S/C11H17N3O5/c1-11(2,3)19-10(16)14-8-7(6-18-17-4)5-12-9(15)13-8/h5H,6H2,1-4H3,(H2,12,13,14,15,16). The van der Waals surface area contributed by atoms with E-state index in [1.807, 2.05) is 0 Å². The molecule has 0 aromatic carbocycles. The van der Waals surface area contributed by atoms with Crippen LogP contribution in [0.25, 0.3) is 0 Å². The lowest BCUT2D eigenvalue weighted by molar-refractivity contribution is -0.282. The van der Waals surface area contributed by atoms with Gasteiger partial charge >= 0.3 is 11.8 Å². The van der Waals surface area contributed by atoms with Crippen LogP contribution in [-0.4, -0.2) is 28.8 Å². The molecule has 1 amide bonds. The number of rotatable bonds is 4. The van der Waals surface area contributed by atoms with Gasteiger partial charge < -0.3 is 4.74 Å². The SMILES string of the molecule is COOCc1cnc(=O)[nH]c1NC(=O)OC(C)(C)C. The van der Waals surface area contributed by atoms with Crippen molar-refractivity contribution in [2.75, 3.05) is 12.4 Å². The molecule has 0 bridgehead atoms. The Morgan fingerprint density at radius 1 is 1.47 bits per heavy atom. The molecule has 1 aromatic rings. The van der Waals surface area contributed by atoms with Crippen LogP contribution in [0.2, 0.25) is 0 Å². The van der Waals surface area contributed by atoms with Crippen molar-refractivity contribution >= 4 is 11.9 Å². The summed E-state index contributed by atoms with van der Waals surface area (Å²) >= 11 is 0. The van der Waals surface area contributed by atoms with Gasteiger partial charge in [0.1, 0.15) is 18.0 Å². The molecule has 2 N–H and O–H groups in total. The van der Waals surface area contributed by atoms with Crippen LogP contribution in [0.3, 0.4) is 0 Å². The molecular formula is C11H17N3O5. The molecule has 0 spiro atoms. The van der Waals surface area contributed by atoms with Crippen LogP contribution >= 0.6 is 0 Å². The van der Waals surface area contributed by atoms with Crippen LogP contribution in [0.5, 0.6) is 0 Å². The van der Waals surface area contributed by atoms with E-state index in [1.165, 1.54) is 13.3 Å². The first-order valence-electron chi connectivity index (χ1n) is 5.55. The Bertz CT molecular complexity index is 492. The normalized spacial score (nSPS) is 11.2. The zero-order valence-electron chi connectivity index (χ0n) is 11.3. The zero-order chi connectivity index (χ0) is 14.5. The third-order valence-corrected chi connectivity index (χ3v) is 1.85. The fourth-order valence-electron chi connectivity index (χ4n) is 1.17. The Kier molecular flexibility index (Phi) is 5.02. The zero-order valence-corrected chi connectivity index (χ0v) is 11.3. The number of hydrogen-bond donors (Lipinski definition) is 2. The average Bonchev–Trinajstić information content (AvgIpc) is 2.25. The van der Waals surface area contributed by atoms with E-state index in [-0.39, 0.29) is 12.4 Å². The van der Waals surface area contributed by atoms with Gasteiger partial charge in [0.15, 0.2) is 0 Å². The monoisotopic (exact) mass is 271 g/mol. The van der Waals surface area contributed by atoms with E-state index in [1.54, 1.807) is 20.8 Å². The van der Waals surface area contributed by atoms with Gasteiger partial charge in [-0.3, -0.25) is 10.3 Å². The second-order valence-electron chi connectivity index (χ2n) is 4.64. The highest BCUT2D eigenvalue weighted by atomic mass is 17.2. The van der Waals surface area contributed by atoms with Gasteiger partial charge in [0, 0.05) is 11.8 Å². The second kappa shape index (κ2) is 6.30. The average molecular weight is 271 g/mol. The predicted octanol–water partition coefficient (Wildman–Crippen LogP) is 1.19. The lowest BCUT2D eigenvalue weighted by Gasteiger charge is -2.20. The van der Waals surface area contributed by atoms with Crippen LogP contribution in [0.4, 0.5) is 10.6 Å². The number of ether oxygens (including phenoxy) is 1. The summed E-state index contributed by atoms with van der Waals surface area (Å²) in [5, 5.41) is 2.42. The fraction of sp³-hybridized carbons (Fsp3) is 0.545. The number of aromatic amines is 1. The van der Waals surface area contributed by atoms with Crippen molar-refractivity contribution < 1.29 is 19.3 Å². The van der Waals surface area contributed by atoms with Crippen LogP contribution in [0.1, 0.15) is 26.3 Å². The molecule has 0 aliphatic carbocycles. The molecule has 0 aliphatic heterocycles. The maximum Gasteiger partial charge on any atom is 0.413 e. The second-order valence-corrected chi connectivity index (χ2v) is 4.64. The first-order chi connectivity index (χ1) is 8.81. The largest absolute Gasteiger partial charge is 0.444 e. The molecule has 0 radical (unpaired) electrons. The van der Waals surface area contributed by atoms with Crippen molar-refractivity contribution in [3.63, 3.8) is 0 Å². The lowest BCUT2D eigenvalue weighted by Crippen LogP contribution is -2.29. The van der Waals surface area contributed by atoms with E-state index >= 15 is 0 Å². The van der Waals surface area contributed by atoms with Gasteiger partial charge in [-0.25, -0.2) is 24.3 Å². The molecule has 0 atom stereocenters. The topological polar surface area (TPSA) is 103 Å². The number of nitrogens with one attached hydrogen (secondary N) is 2. The number of nitrogens with zero attached hydrogens (tertiary/aromatic N) is 1. The summed E-state index contributed by atoms with van der Waals surface area (Å²) in [6, 6.07) is 0. The highest BCUT2D eigenvalue weighted by Crippen LogP contribution is 2.13. The lowest BCUT2D eigenvalue weighted by atomic mass is 10.2. The molecule has 19 heavy (non-hydrogen) atoms. The number of carbonyl (C=O) groups is 1. The molecule has 1 heterocycles. The van der Waals surface area contributed by atoms with E-state index in [9.17, 15) is 9.59 Å². The smallest absolute Gasteiger partial charge is 0.413 e. The molecule has 1 aromatic heterocycles. The Hall–Kier alpha value is -1.93. The highest BCUT2D eigenvalue weighted by molar-refractivity contribution is 5.84. The van der Waals surface area contributed by atoms with Gasteiger partial charge in [-0.15, -0.1) is 0 Å². The fourth-order valence-corrected chi connectivity index (χ4v) is 1.17. The summed E-state index contributed by atoms with van der Waals surface area (Å²) in [6.45, 7) is 5.22. The molecule has 0 unspecified atom stereocenters. The van der Waals surface area contributed by atoms with Gasteiger partial charge in [-0.2, -0.15) is 0 Å². The number of hydrogen-bond acceptors (Lipinski definition) is 6. The summed E-state index contributed by atoms with van der Waals surface area (Å²) in [6.07, 6.45) is 0.595. The maximum absolute atomic E-state index is 11.6. The number of amides is 1. The van der Waals surface area contributed by atoms with E-state index in [4.69, 9.17) is 9.62 Å². The molecule has 8 nitrogen and oxygen atoms in total. The van der Waals surface area contributed by atoms with Crippen LogP contribution in [0, 0.1) is 0 Å². The quantitative estimate of drug-likeness (QED) is 0.630. The Balaban J connectivity index is 2.83. The van der Waals surface area contributed by atoms with E-state index < -0.39 is 17.4 Å². The third-order valence-electron chi connectivity index (χ3n) is 1.85. The summed E-state index contributed by atoms with van der Waals surface area (Å²) in [4.78, 5) is 37.9. The molecule has 0 saturated carbocycles. The van der Waals surface area contributed by atoms with Gasteiger partial charge in [0.25, 0.3) is 0 Å². The van der Waals surface area contributed by atoms with Crippen LogP contribution < -0.4 is 11.0 Å². The van der Waals surface area contributed by atoms with Gasteiger partial charge in [-0.1, -0.05) is 0 Å². The molecule has 0 saturated heterocycles. The Morgan fingerprint density at radius 3 is 2.74 bits per heavy atom. The predicted molar refractivity (Wildman–Crippen MR) is 66.5 cm³/mol. The first kappa shape index (κ1) is 15.1. The van der Waals surface area contributed by atoms with Crippen LogP contribution in [-0.2, 0) is 21.1 Å². The molecule has 1 rings (SSSR count). The number of anilines is 1. The summed E-state index contributed by atoms with van der Waals surface area (Å²) in [5.74, 6) is 0.159. The number of aromatic nitrogens is 2. The molecule has 106 valence electrons. The summed E-state index contributed by atoms with van der Waals surface area (Å²) in [7, 11) is 1.35. The Morgan fingerprint density at radius 2 is 2.16 bits per heavy atom. The van der Waals surface area contributed by atoms with E-state index in [2.05, 4.69) is 20.2 Å². The molecule has 8 heteroatoms. The highest BCUT2D eigenvalue weighted by Gasteiger charge is 2.17. The van der Waals surface area contributed by atoms with Gasteiger partial charge in [0.2, 0.25) is 0 Å². The maximum atomic E-state index is 11.6. The minimum Gasteiger partial charge on any atom is -0.444 e. The van der Waals surface area contributed by atoms with Gasteiger partial charge in [0.05, 0.1) is 7.11 Å². The minimum atomic E-state index is -0.687. The summed E-state index contributed by atoms with van der Waals surface area (Å²) in [5.41, 5.74) is -0.778. The molecular weight excluding hydrogens is 254 g/mol. The van der Waals surface area contributed by atoms with E-state index in [0.29, 0.717) is 5.56 Å². The van der Waals surface area contributed by atoms with Crippen molar-refractivity contribution in [1.29, 1.82) is 0 Å². The van der Waals surface area contributed by atoms with Gasteiger partial charge in [-0.05, 0) is 20.8 Å². The Labute approximate surface area is 110 Å². The summed E-state index contributed by atoms with van der Waals surface area (Å²) < 4.78 is 5.08. The molecule has 0 fully saturated rings. The minimum absolute atomic E-state index is 0.0193. The van der Waals surface area contributed by atoms with Crippen molar-refractivity contribution in [2.45, 2.75) is 33.0 Å². The van der Waals surface area contributed by atoms with Crippen molar-refractivity contribution in [2.24, 2.45) is 0 Å². The molecule has 0 aliphatic rings. The van der Waals surface area contributed by atoms with Crippen molar-refractivity contribution in [1.82, 2.24) is 9.97 Å². The van der Waals surface area contributed by atoms with Crippen LogP contribution in [0.15, 0.2) is 11.0 Å². The van der Waals surface area contributed by atoms with Crippen molar-refractivity contribution in [3.05, 3.63) is 22.2 Å². The number of carbonyl (C=O) groups excluding carboxylic acids is 1. The van der Waals surface area contributed by atoms with E-state index in [0.717, 1.165) is 0 Å².